The Kier molecular flexibility index (Phi) is 12.3. The van der Waals surface area contributed by atoms with Crippen LogP contribution in [0.5, 0.6) is 0 Å². The quantitative estimate of drug-likeness (QED) is 0.332. The third-order valence-electron chi connectivity index (χ3n) is 6.11. The highest BCUT2D eigenvalue weighted by molar-refractivity contribution is 5.78. The van der Waals surface area contributed by atoms with E-state index < -0.39 is 0 Å². The van der Waals surface area contributed by atoms with Crippen LogP contribution < -0.4 is 12.4 Å². The summed E-state index contributed by atoms with van der Waals surface area (Å²) >= 11 is 0. The largest absolute Gasteiger partial charge is 1.00 e. The van der Waals surface area contributed by atoms with Gasteiger partial charge in [-0.25, -0.2) is 0 Å². The van der Waals surface area contributed by atoms with Crippen LogP contribution in [0.3, 0.4) is 0 Å². The van der Waals surface area contributed by atoms with Crippen LogP contribution in [0.2, 0.25) is 0 Å². The molecule has 1 fully saturated rings. The zero-order valence-corrected chi connectivity index (χ0v) is 17.8. The van der Waals surface area contributed by atoms with Gasteiger partial charge in [-0.1, -0.05) is 58.3 Å². The van der Waals surface area contributed by atoms with Crippen molar-refractivity contribution in [1.82, 2.24) is 4.90 Å². The van der Waals surface area contributed by atoms with Crippen LogP contribution in [-0.2, 0) is 4.79 Å². The molecule has 26 heavy (non-hydrogen) atoms. The third-order valence-corrected chi connectivity index (χ3v) is 6.11. The smallest absolute Gasteiger partial charge is 0.222 e. The number of halogens is 1. The van der Waals surface area contributed by atoms with Crippen molar-refractivity contribution in [3.63, 3.8) is 0 Å². The Bertz CT molecular complexity index is 413. The Morgan fingerprint density at radius 1 is 0.962 bits per heavy atom. The van der Waals surface area contributed by atoms with Gasteiger partial charge in [0.1, 0.15) is 6.54 Å². The summed E-state index contributed by atoms with van der Waals surface area (Å²) in [6.45, 7) is 7.88. The number of nitrogens with zero attached hydrogens (tertiary/aromatic N) is 2. The minimum Gasteiger partial charge on any atom is -1.00 e. The molecule has 0 aliphatic carbocycles. The summed E-state index contributed by atoms with van der Waals surface area (Å²) in [5.74, 6) is 0.375. The van der Waals surface area contributed by atoms with E-state index in [2.05, 4.69) is 24.1 Å². The average molecular weight is 385 g/mol. The van der Waals surface area contributed by atoms with Gasteiger partial charge in [-0.3, -0.25) is 9.28 Å². The first-order valence-corrected chi connectivity index (χ1v) is 11.1. The third kappa shape index (κ3) is 8.43. The molecule has 0 N–H and O–H groups in total. The lowest BCUT2D eigenvalue weighted by Gasteiger charge is -2.33. The average Bonchev–Trinajstić information content (AvgIpc) is 3.24. The molecule has 3 nitrogen and oxygen atoms in total. The van der Waals surface area contributed by atoms with Crippen molar-refractivity contribution in [3.8, 4) is 0 Å². The first kappa shape index (κ1) is 23.5. The zero-order chi connectivity index (χ0) is 17.8. The second-order valence-electron chi connectivity index (χ2n) is 8.23. The number of carbonyl (C=O) groups excluding carboxylic acids is 1. The van der Waals surface area contributed by atoms with Crippen molar-refractivity contribution in [3.05, 3.63) is 12.3 Å². The van der Waals surface area contributed by atoms with Crippen molar-refractivity contribution in [2.24, 2.45) is 0 Å². The van der Waals surface area contributed by atoms with Crippen LogP contribution in [0.15, 0.2) is 12.3 Å². The predicted molar refractivity (Wildman–Crippen MR) is 106 cm³/mol. The highest BCUT2D eigenvalue weighted by atomic mass is 35.5. The van der Waals surface area contributed by atoms with Gasteiger partial charge in [0.15, 0.2) is 0 Å². The normalized spacial score (nSPS) is 22.2. The number of unbranched alkanes of at least 4 members (excludes halogenated alkanes) is 9. The molecule has 152 valence electrons. The predicted octanol–water partition coefficient (Wildman–Crippen LogP) is 2.27. The van der Waals surface area contributed by atoms with E-state index in [0.29, 0.717) is 5.91 Å². The van der Waals surface area contributed by atoms with E-state index in [4.69, 9.17) is 0 Å². The number of hydrogen-bond donors (Lipinski definition) is 0. The molecule has 0 saturated carbocycles. The van der Waals surface area contributed by atoms with E-state index in [-0.39, 0.29) is 12.4 Å². The number of likely N-dealkylation sites (tertiary alicyclic amines) is 1. The first-order valence-electron chi connectivity index (χ1n) is 11.1. The number of carbonyl (C=O) groups is 1. The molecule has 2 aliphatic rings. The molecule has 2 rings (SSSR count). The lowest BCUT2D eigenvalue weighted by Crippen LogP contribution is -3.00. The molecular weight excluding hydrogens is 344 g/mol. The van der Waals surface area contributed by atoms with E-state index in [0.717, 1.165) is 37.0 Å². The molecule has 0 aromatic rings. The van der Waals surface area contributed by atoms with Gasteiger partial charge in [0.05, 0.1) is 25.8 Å². The molecule has 0 radical (unpaired) electrons. The minimum atomic E-state index is 0. The number of amides is 1. The first-order chi connectivity index (χ1) is 12.3. The van der Waals surface area contributed by atoms with Gasteiger partial charge < -0.3 is 17.3 Å². The van der Waals surface area contributed by atoms with Crippen LogP contribution in [0.4, 0.5) is 0 Å². The minimum absolute atomic E-state index is 0. The topological polar surface area (TPSA) is 20.3 Å². The van der Waals surface area contributed by atoms with E-state index in [9.17, 15) is 4.79 Å². The van der Waals surface area contributed by atoms with Crippen LogP contribution in [0, 0.1) is 0 Å². The number of quaternary nitrogens is 1. The Morgan fingerprint density at radius 2 is 1.62 bits per heavy atom. The van der Waals surface area contributed by atoms with Crippen LogP contribution in [0.25, 0.3) is 0 Å². The molecule has 0 bridgehead atoms. The van der Waals surface area contributed by atoms with Crippen LogP contribution >= 0.6 is 0 Å². The highest BCUT2D eigenvalue weighted by Gasteiger charge is 2.30. The fourth-order valence-corrected chi connectivity index (χ4v) is 4.36. The van der Waals surface area contributed by atoms with Gasteiger partial charge in [-0.2, -0.15) is 0 Å². The fourth-order valence-electron chi connectivity index (χ4n) is 4.36. The summed E-state index contributed by atoms with van der Waals surface area (Å²) < 4.78 is 1.13. The van der Waals surface area contributed by atoms with Crippen molar-refractivity contribution in [2.75, 3.05) is 32.7 Å². The zero-order valence-electron chi connectivity index (χ0n) is 17.1. The van der Waals surface area contributed by atoms with E-state index in [1.54, 1.807) is 0 Å². The van der Waals surface area contributed by atoms with Crippen molar-refractivity contribution in [1.29, 1.82) is 0 Å². The summed E-state index contributed by atoms with van der Waals surface area (Å²) in [4.78, 5) is 13.9. The standard InChI is InChI=1S/C22H41N2O.ClH/c1-2-3-4-5-6-7-8-9-10-11-18-24(19-12-13-20-24)21-17-23-16-14-15-22(23)25;/h12,19H,2-11,13-18,20-21H2,1H3;1H/q+1;/p-1. The molecule has 0 aromatic heterocycles. The molecule has 2 heterocycles. The Labute approximate surface area is 168 Å². The maximum absolute atomic E-state index is 11.8. The summed E-state index contributed by atoms with van der Waals surface area (Å²) in [6, 6.07) is 0. The molecular formula is C22H41ClN2O. The molecule has 1 amide bonds. The fraction of sp³-hybridized carbons (Fsp3) is 0.864. The van der Waals surface area contributed by atoms with Gasteiger partial charge in [0.2, 0.25) is 5.91 Å². The maximum atomic E-state index is 11.8. The van der Waals surface area contributed by atoms with Gasteiger partial charge in [-0.15, -0.1) is 0 Å². The highest BCUT2D eigenvalue weighted by Crippen LogP contribution is 2.21. The van der Waals surface area contributed by atoms with Gasteiger partial charge in [0.25, 0.3) is 0 Å². The molecule has 0 spiro atoms. The second-order valence-corrected chi connectivity index (χ2v) is 8.23. The van der Waals surface area contributed by atoms with Crippen molar-refractivity contribution >= 4 is 5.91 Å². The van der Waals surface area contributed by atoms with E-state index in [1.807, 2.05) is 0 Å². The summed E-state index contributed by atoms with van der Waals surface area (Å²) in [5.41, 5.74) is 0. The van der Waals surface area contributed by atoms with Crippen LogP contribution in [0.1, 0.15) is 90.4 Å². The summed E-state index contributed by atoms with van der Waals surface area (Å²) in [7, 11) is 0. The lowest BCUT2D eigenvalue weighted by atomic mass is 10.1. The second kappa shape index (κ2) is 13.6. The molecule has 0 aromatic carbocycles. The van der Waals surface area contributed by atoms with Crippen LogP contribution in [-0.4, -0.2) is 48.0 Å². The summed E-state index contributed by atoms with van der Waals surface area (Å²) in [6.07, 6.45) is 21.9. The SMILES string of the molecule is CCCCCCCCCCCC[N+]1(CCN2CCCC2=O)C=CCC1.[Cl-]. The molecule has 1 saturated heterocycles. The summed E-state index contributed by atoms with van der Waals surface area (Å²) in [5, 5.41) is 0. The van der Waals surface area contributed by atoms with Gasteiger partial charge >= 0.3 is 0 Å². The Balaban J connectivity index is 0.00000338. The molecule has 1 atom stereocenters. The van der Waals surface area contributed by atoms with Gasteiger partial charge in [-0.05, 0) is 25.3 Å². The van der Waals surface area contributed by atoms with E-state index in [1.165, 1.54) is 83.7 Å². The molecule has 1 unspecified atom stereocenters. The van der Waals surface area contributed by atoms with Crippen molar-refractivity contribution < 1.29 is 21.7 Å². The maximum Gasteiger partial charge on any atom is 0.222 e. The molecule has 2 aliphatic heterocycles. The Hall–Kier alpha value is -0.540. The Morgan fingerprint density at radius 3 is 2.15 bits per heavy atom. The van der Waals surface area contributed by atoms with Crippen molar-refractivity contribution in [2.45, 2.75) is 90.4 Å². The van der Waals surface area contributed by atoms with Gasteiger partial charge in [0, 0.05) is 19.4 Å². The molecule has 4 heteroatoms. The monoisotopic (exact) mass is 384 g/mol. The number of hydrogen-bond acceptors (Lipinski definition) is 1. The number of rotatable bonds is 14. The van der Waals surface area contributed by atoms with E-state index >= 15 is 0 Å². The lowest BCUT2D eigenvalue weighted by molar-refractivity contribution is -0.873.